The molecule has 0 aliphatic heterocycles. The van der Waals surface area contributed by atoms with Gasteiger partial charge in [0, 0.05) is 11.0 Å². The summed E-state index contributed by atoms with van der Waals surface area (Å²) in [6.45, 7) is 1.29. The van der Waals surface area contributed by atoms with E-state index in [-0.39, 0.29) is 22.7 Å². The number of nitro groups is 1. The minimum Gasteiger partial charge on any atom is -0.393 e. The number of nitrogens with two attached hydrogens (primary N) is 1. The van der Waals surface area contributed by atoms with Crippen molar-refractivity contribution in [2.45, 2.75) is 11.8 Å². The number of Topliss-reactive ketones (excluding diaryl/α,β-unsaturated/α-hetero) is 1. The molecule has 0 saturated heterocycles. The highest BCUT2D eigenvalue weighted by molar-refractivity contribution is 7.80. The van der Waals surface area contributed by atoms with Crippen LogP contribution in [-0.4, -0.2) is 10.7 Å². The van der Waals surface area contributed by atoms with Gasteiger partial charge in [0.2, 0.25) is 0 Å². The first-order valence-electron chi connectivity index (χ1n) is 3.72. The molecular weight excluding hydrogens is 204 g/mol. The summed E-state index contributed by atoms with van der Waals surface area (Å²) in [5.41, 5.74) is 5.17. The zero-order valence-electron chi connectivity index (χ0n) is 7.35. The summed E-state index contributed by atoms with van der Waals surface area (Å²) in [4.78, 5) is 21.3. The molecule has 0 spiro atoms. The summed E-state index contributed by atoms with van der Waals surface area (Å²) in [5.74, 6) is -0.337. The maximum absolute atomic E-state index is 11.1. The molecule has 0 fully saturated rings. The third kappa shape index (κ3) is 1.69. The largest absolute Gasteiger partial charge is 0.393 e. The lowest BCUT2D eigenvalue weighted by molar-refractivity contribution is -0.384. The molecule has 0 radical (unpaired) electrons. The van der Waals surface area contributed by atoms with Crippen molar-refractivity contribution >= 4 is 29.8 Å². The van der Waals surface area contributed by atoms with Crippen molar-refractivity contribution in [1.29, 1.82) is 0 Å². The first-order valence-corrected chi connectivity index (χ1v) is 4.16. The molecule has 0 heterocycles. The Kier molecular flexibility index (Phi) is 2.76. The molecule has 1 rings (SSSR count). The van der Waals surface area contributed by atoms with Crippen LogP contribution in [0.5, 0.6) is 0 Å². The van der Waals surface area contributed by atoms with Crippen LogP contribution in [0.2, 0.25) is 0 Å². The lowest BCUT2D eigenvalue weighted by Gasteiger charge is -2.05. The van der Waals surface area contributed by atoms with Gasteiger partial charge in [-0.05, 0) is 13.0 Å². The third-order valence-electron chi connectivity index (χ3n) is 1.75. The fourth-order valence-electron chi connectivity index (χ4n) is 1.13. The van der Waals surface area contributed by atoms with Crippen molar-refractivity contribution in [3.63, 3.8) is 0 Å². The van der Waals surface area contributed by atoms with E-state index in [1.54, 1.807) is 0 Å². The van der Waals surface area contributed by atoms with E-state index in [4.69, 9.17) is 5.73 Å². The summed E-state index contributed by atoms with van der Waals surface area (Å²) in [6, 6.07) is 2.61. The summed E-state index contributed by atoms with van der Waals surface area (Å²) >= 11 is 4.00. The first-order chi connectivity index (χ1) is 6.45. The number of carbonyl (C=O) groups is 1. The standard InChI is InChI=1S/C8H8N2O3S/c1-4(11)7-6(14)3-2-5(8(7)9)10(12)13/h2-3,14H,9H2,1H3. The topological polar surface area (TPSA) is 86.2 Å². The molecule has 74 valence electrons. The van der Waals surface area contributed by atoms with Crippen LogP contribution in [0.3, 0.4) is 0 Å². The Morgan fingerprint density at radius 3 is 2.57 bits per heavy atom. The minimum absolute atomic E-state index is 0.0996. The fraction of sp³-hybridized carbons (Fsp3) is 0.125. The van der Waals surface area contributed by atoms with Gasteiger partial charge in [-0.1, -0.05) is 0 Å². The number of thiol groups is 1. The Labute approximate surface area is 85.5 Å². The predicted molar refractivity (Wildman–Crippen MR) is 54.8 cm³/mol. The quantitative estimate of drug-likeness (QED) is 0.256. The summed E-state index contributed by atoms with van der Waals surface area (Å²) < 4.78 is 0. The Bertz CT molecular complexity index is 417. The van der Waals surface area contributed by atoms with E-state index < -0.39 is 4.92 Å². The van der Waals surface area contributed by atoms with Crippen molar-refractivity contribution in [3.8, 4) is 0 Å². The lowest BCUT2D eigenvalue weighted by Crippen LogP contribution is -2.04. The van der Waals surface area contributed by atoms with Crippen LogP contribution in [-0.2, 0) is 0 Å². The van der Waals surface area contributed by atoms with E-state index in [2.05, 4.69) is 12.6 Å². The van der Waals surface area contributed by atoms with Crippen molar-refractivity contribution in [2.24, 2.45) is 0 Å². The number of rotatable bonds is 2. The second kappa shape index (κ2) is 3.67. The fourth-order valence-corrected chi connectivity index (χ4v) is 1.48. The Balaban J connectivity index is 3.49. The second-order valence-electron chi connectivity index (χ2n) is 2.71. The summed E-state index contributed by atoms with van der Waals surface area (Å²) in [5, 5.41) is 10.5. The van der Waals surface area contributed by atoms with Gasteiger partial charge in [-0.25, -0.2) is 0 Å². The summed E-state index contributed by atoms with van der Waals surface area (Å²) in [6.07, 6.45) is 0. The van der Waals surface area contributed by atoms with Crippen LogP contribution in [0, 0.1) is 10.1 Å². The van der Waals surface area contributed by atoms with Gasteiger partial charge in [0.25, 0.3) is 5.69 Å². The number of nitro benzene ring substituents is 1. The Morgan fingerprint density at radius 1 is 1.57 bits per heavy atom. The minimum atomic E-state index is -0.630. The van der Waals surface area contributed by atoms with E-state index in [1.165, 1.54) is 19.1 Å². The number of benzene rings is 1. The molecule has 14 heavy (non-hydrogen) atoms. The maximum Gasteiger partial charge on any atom is 0.292 e. The van der Waals surface area contributed by atoms with E-state index in [9.17, 15) is 14.9 Å². The normalized spacial score (nSPS) is 9.86. The molecule has 0 aliphatic rings. The molecule has 2 N–H and O–H groups in total. The molecule has 6 heteroatoms. The van der Waals surface area contributed by atoms with Gasteiger partial charge in [0.15, 0.2) is 5.78 Å². The van der Waals surface area contributed by atoms with Gasteiger partial charge >= 0.3 is 0 Å². The van der Waals surface area contributed by atoms with Gasteiger partial charge in [0.05, 0.1) is 10.5 Å². The molecule has 0 bridgehead atoms. The Hall–Kier alpha value is -1.56. The SMILES string of the molecule is CC(=O)c1c(S)ccc([N+](=O)[O-])c1N. The van der Waals surface area contributed by atoms with Crippen LogP contribution in [0.4, 0.5) is 11.4 Å². The lowest BCUT2D eigenvalue weighted by atomic mass is 10.1. The van der Waals surface area contributed by atoms with Crippen LogP contribution in [0.15, 0.2) is 17.0 Å². The molecule has 0 unspecified atom stereocenters. The summed E-state index contributed by atoms with van der Waals surface area (Å²) in [7, 11) is 0. The van der Waals surface area contributed by atoms with Crippen molar-refractivity contribution in [1.82, 2.24) is 0 Å². The molecule has 1 aromatic carbocycles. The maximum atomic E-state index is 11.1. The number of carbonyl (C=O) groups excluding carboxylic acids is 1. The first kappa shape index (κ1) is 10.5. The van der Waals surface area contributed by atoms with Crippen LogP contribution in [0.25, 0.3) is 0 Å². The second-order valence-corrected chi connectivity index (χ2v) is 3.19. The van der Waals surface area contributed by atoms with Gasteiger partial charge in [-0.3, -0.25) is 14.9 Å². The third-order valence-corrected chi connectivity index (χ3v) is 2.12. The molecule has 0 aliphatic carbocycles. The molecule has 0 atom stereocenters. The van der Waals surface area contributed by atoms with Crippen molar-refractivity contribution in [3.05, 3.63) is 27.8 Å². The monoisotopic (exact) mass is 212 g/mol. The van der Waals surface area contributed by atoms with E-state index in [1.807, 2.05) is 0 Å². The number of nitrogens with zero attached hydrogens (tertiary/aromatic N) is 1. The smallest absolute Gasteiger partial charge is 0.292 e. The molecular formula is C8H8N2O3S. The van der Waals surface area contributed by atoms with Crippen LogP contribution in [0.1, 0.15) is 17.3 Å². The van der Waals surface area contributed by atoms with E-state index in [0.717, 1.165) is 0 Å². The molecule has 0 aromatic heterocycles. The van der Waals surface area contributed by atoms with Crippen molar-refractivity contribution in [2.75, 3.05) is 5.73 Å². The number of ketones is 1. The molecule has 5 nitrogen and oxygen atoms in total. The highest BCUT2D eigenvalue weighted by Crippen LogP contribution is 2.30. The zero-order valence-corrected chi connectivity index (χ0v) is 8.25. The average Bonchev–Trinajstić information content (AvgIpc) is 2.02. The van der Waals surface area contributed by atoms with Gasteiger partial charge in [-0.2, -0.15) is 0 Å². The van der Waals surface area contributed by atoms with Crippen molar-refractivity contribution < 1.29 is 9.72 Å². The van der Waals surface area contributed by atoms with E-state index >= 15 is 0 Å². The highest BCUT2D eigenvalue weighted by atomic mass is 32.1. The van der Waals surface area contributed by atoms with Gasteiger partial charge in [-0.15, -0.1) is 12.6 Å². The van der Waals surface area contributed by atoms with Crippen LogP contribution >= 0.6 is 12.6 Å². The highest BCUT2D eigenvalue weighted by Gasteiger charge is 2.19. The average molecular weight is 212 g/mol. The van der Waals surface area contributed by atoms with E-state index in [0.29, 0.717) is 4.90 Å². The number of anilines is 1. The number of hydrogen-bond acceptors (Lipinski definition) is 5. The zero-order chi connectivity index (χ0) is 10.9. The number of nitrogen functional groups attached to an aromatic ring is 1. The molecule has 0 saturated carbocycles. The Morgan fingerprint density at radius 2 is 2.14 bits per heavy atom. The van der Waals surface area contributed by atoms with Crippen LogP contribution < -0.4 is 5.73 Å². The van der Waals surface area contributed by atoms with Gasteiger partial charge in [0.1, 0.15) is 5.69 Å². The predicted octanol–water partition coefficient (Wildman–Crippen LogP) is 1.67. The number of hydrogen-bond donors (Lipinski definition) is 2. The molecule has 1 aromatic rings. The molecule has 0 amide bonds. The van der Waals surface area contributed by atoms with Gasteiger partial charge < -0.3 is 5.73 Å².